The number of hydrogen-bond donors (Lipinski definition) is 1. The molecule has 1 amide bonds. The highest BCUT2D eigenvalue weighted by Gasteiger charge is 2.14. The Labute approximate surface area is 174 Å². The largest absolute Gasteiger partial charge is 0.497 e. The Hall–Kier alpha value is -4.06. The predicted molar refractivity (Wildman–Crippen MR) is 118 cm³/mol. The molecule has 148 valence electrons. The van der Waals surface area contributed by atoms with Crippen molar-refractivity contribution in [3.8, 4) is 17.1 Å². The maximum atomic E-state index is 13.0. The van der Waals surface area contributed by atoms with Crippen LogP contribution in [0.3, 0.4) is 0 Å². The molecule has 0 aliphatic carbocycles. The highest BCUT2D eigenvalue weighted by Crippen LogP contribution is 2.23. The number of methoxy groups -OCH3 is 1. The highest BCUT2D eigenvalue weighted by atomic mass is 16.5. The molecule has 4 aromatic rings. The number of carbonyl (C=O) groups is 1. The van der Waals surface area contributed by atoms with Crippen LogP contribution in [0.1, 0.15) is 22.8 Å². The summed E-state index contributed by atoms with van der Waals surface area (Å²) in [5.41, 5.74) is 6.80. The van der Waals surface area contributed by atoms with E-state index in [4.69, 9.17) is 4.74 Å². The van der Waals surface area contributed by atoms with Gasteiger partial charge in [-0.05, 0) is 61.0 Å². The molecule has 0 saturated carbocycles. The fraction of sp³-hybridized carbons (Fsp3) is 0.0833. The molecule has 30 heavy (non-hydrogen) atoms. The summed E-state index contributed by atoms with van der Waals surface area (Å²) in [4.78, 5) is 22.0. The first-order valence-corrected chi connectivity index (χ1v) is 9.46. The van der Waals surface area contributed by atoms with Gasteiger partial charge in [0, 0.05) is 11.6 Å². The van der Waals surface area contributed by atoms with Gasteiger partial charge in [-0.2, -0.15) is 5.10 Å². The zero-order chi connectivity index (χ0) is 20.9. The molecule has 2 heterocycles. The summed E-state index contributed by atoms with van der Waals surface area (Å²) in [6.45, 7) is 1.84. The Morgan fingerprint density at radius 1 is 0.967 bits per heavy atom. The fourth-order valence-corrected chi connectivity index (χ4v) is 3.10. The number of para-hydroxylation sites is 1. The quantitative estimate of drug-likeness (QED) is 0.399. The molecule has 6 heteroatoms. The van der Waals surface area contributed by atoms with Gasteiger partial charge in [0.25, 0.3) is 5.91 Å². The molecule has 0 radical (unpaired) electrons. The van der Waals surface area contributed by atoms with Crippen molar-refractivity contribution in [2.45, 2.75) is 6.92 Å². The molecule has 2 aromatic heterocycles. The molecular formula is C24H20N4O2. The lowest BCUT2D eigenvalue weighted by atomic mass is 10.1. The van der Waals surface area contributed by atoms with Crippen LogP contribution in [0.2, 0.25) is 0 Å². The maximum Gasteiger partial charge on any atom is 0.272 e. The predicted octanol–water partition coefficient (Wildman–Crippen LogP) is 4.46. The van der Waals surface area contributed by atoms with Crippen LogP contribution in [0.25, 0.3) is 22.3 Å². The van der Waals surface area contributed by atoms with Crippen molar-refractivity contribution in [1.82, 2.24) is 15.4 Å². The topological polar surface area (TPSA) is 76.5 Å². The number of ether oxygens (including phenoxy) is 1. The Bertz CT molecular complexity index is 1220. The monoisotopic (exact) mass is 396 g/mol. The summed E-state index contributed by atoms with van der Waals surface area (Å²) in [6, 6.07) is 22.4. The summed E-state index contributed by atoms with van der Waals surface area (Å²) < 4.78 is 5.17. The third-order valence-corrected chi connectivity index (χ3v) is 4.72. The number of hydrazone groups is 1. The second kappa shape index (κ2) is 8.53. The van der Waals surface area contributed by atoms with Gasteiger partial charge in [0.2, 0.25) is 0 Å². The first kappa shape index (κ1) is 19.3. The van der Waals surface area contributed by atoms with E-state index in [1.165, 1.54) is 0 Å². The van der Waals surface area contributed by atoms with E-state index < -0.39 is 0 Å². The van der Waals surface area contributed by atoms with Crippen LogP contribution in [-0.2, 0) is 0 Å². The molecule has 0 spiro atoms. The van der Waals surface area contributed by atoms with Crippen LogP contribution in [0.15, 0.2) is 84.1 Å². The van der Waals surface area contributed by atoms with E-state index in [2.05, 4.69) is 20.5 Å². The van der Waals surface area contributed by atoms with Crippen LogP contribution in [0, 0.1) is 0 Å². The smallest absolute Gasteiger partial charge is 0.272 e. The van der Waals surface area contributed by atoms with Crippen molar-refractivity contribution in [1.29, 1.82) is 0 Å². The van der Waals surface area contributed by atoms with Crippen LogP contribution in [0.5, 0.6) is 5.75 Å². The Morgan fingerprint density at radius 2 is 1.73 bits per heavy atom. The number of amides is 1. The summed E-state index contributed by atoms with van der Waals surface area (Å²) in [7, 11) is 1.62. The highest BCUT2D eigenvalue weighted by molar-refractivity contribution is 6.08. The third kappa shape index (κ3) is 4.03. The zero-order valence-corrected chi connectivity index (χ0v) is 16.7. The van der Waals surface area contributed by atoms with Crippen LogP contribution in [0.4, 0.5) is 0 Å². The van der Waals surface area contributed by atoms with Gasteiger partial charge >= 0.3 is 0 Å². The minimum atomic E-state index is -0.307. The van der Waals surface area contributed by atoms with Gasteiger partial charge < -0.3 is 4.74 Å². The Morgan fingerprint density at radius 3 is 2.47 bits per heavy atom. The second-order valence-corrected chi connectivity index (χ2v) is 6.65. The fourth-order valence-electron chi connectivity index (χ4n) is 3.10. The molecule has 0 aliphatic heterocycles. The summed E-state index contributed by atoms with van der Waals surface area (Å²) in [5.74, 6) is 0.458. The lowest BCUT2D eigenvalue weighted by molar-refractivity contribution is 0.0956. The van der Waals surface area contributed by atoms with E-state index in [1.54, 1.807) is 19.4 Å². The number of hydrogen-bond acceptors (Lipinski definition) is 5. The third-order valence-electron chi connectivity index (χ3n) is 4.72. The van der Waals surface area contributed by atoms with E-state index in [0.717, 1.165) is 22.2 Å². The summed E-state index contributed by atoms with van der Waals surface area (Å²) >= 11 is 0. The number of pyridine rings is 2. The molecule has 6 nitrogen and oxygen atoms in total. The molecule has 0 aliphatic rings. The Kier molecular flexibility index (Phi) is 5.48. The number of rotatable bonds is 5. The van der Waals surface area contributed by atoms with Crippen molar-refractivity contribution in [2.24, 2.45) is 5.10 Å². The van der Waals surface area contributed by atoms with Crippen molar-refractivity contribution in [2.75, 3.05) is 7.11 Å². The van der Waals surface area contributed by atoms with Gasteiger partial charge in [0.15, 0.2) is 0 Å². The van der Waals surface area contributed by atoms with Gasteiger partial charge in [0.05, 0.1) is 35.3 Å². The molecule has 1 N–H and O–H groups in total. The minimum Gasteiger partial charge on any atom is -0.497 e. The first-order valence-electron chi connectivity index (χ1n) is 9.46. The van der Waals surface area contributed by atoms with Crippen molar-refractivity contribution in [3.05, 3.63) is 90.1 Å². The Balaban J connectivity index is 1.66. The van der Waals surface area contributed by atoms with Crippen LogP contribution in [-0.4, -0.2) is 28.7 Å². The van der Waals surface area contributed by atoms with Gasteiger partial charge in [-0.15, -0.1) is 0 Å². The molecule has 0 unspecified atom stereocenters. The van der Waals surface area contributed by atoms with Crippen molar-refractivity contribution < 1.29 is 9.53 Å². The van der Waals surface area contributed by atoms with Gasteiger partial charge in [-0.3, -0.25) is 9.78 Å². The number of nitrogens with zero attached hydrogens (tertiary/aromatic N) is 3. The van der Waals surface area contributed by atoms with Gasteiger partial charge in [-0.1, -0.05) is 24.3 Å². The molecule has 4 rings (SSSR count). The molecular weight excluding hydrogens is 376 g/mol. The van der Waals surface area contributed by atoms with Crippen LogP contribution < -0.4 is 10.2 Å². The van der Waals surface area contributed by atoms with E-state index in [0.29, 0.717) is 22.7 Å². The number of fused-ring (bicyclic) bond motifs is 1. The number of nitrogens with one attached hydrogen (secondary N) is 1. The SMILES string of the molecule is COc1ccc(/C(C)=N\NC(=O)c2cc(-c3ccccn3)nc3ccccc23)cc1. The first-order chi connectivity index (χ1) is 14.7. The number of benzene rings is 2. The van der Waals surface area contributed by atoms with E-state index in [1.807, 2.05) is 73.7 Å². The van der Waals surface area contributed by atoms with E-state index in [9.17, 15) is 4.79 Å². The van der Waals surface area contributed by atoms with Crippen molar-refractivity contribution in [3.63, 3.8) is 0 Å². The van der Waals surface area contributed by atoms with Gasteiger partial charge in [-0.25, -0.2) is 10.4 Å². The molecule has 0 saturated heterocycles. The molecule has 0 fully saturated rings. The maximum absolute atomic E-state index is 13.0. The minimum absolute atomic E-state index is 0.307. The molecule has 0 atom stereocenters. The summed E-state index contributed by atoms with van der Waals surface area (Å²) in [6.07, 6.45) is 1.70. The lowest BCUT2D eigenvalue weighted by Gasteiger charge is -2.09. The molecule has 2 aromatic carbocycles. The average Bonchev–Trinajstić information content (AvgIpc) is 2.82. The number of carbonyl (C=O) groups excluding carboxylic acids is 1. The second-order valence-electron chi connectivity index (χ2n) is 6.65. The summed E-state index contributed by atoms with van der Waals surface area (Å²) in [5, 5.41) is 5.03. The normalized spacial score (nSPS) is 11.3. The lowest BCUT2D eigenvalue weighted by Crippen LogP contribution is -2.20. The van der Waals surface area contributed by atoms with Crippen LogP contribution >= 0.6 is 0 Å². The molecule has 0 bridgehead atoms. The van der Waals surface area contributed by atoms with E-state index >= 15 is 0 Å². The average molecular weight is 396 g/mol. The zero-order valence-electron chi connectivity index (χ0n) is 16.7. The number of aromatic nitrogens is 2. The van der Waals surface area contributed by atoms with E-state index in [-0.39, 0.29) is 5.91 Å². The van der Waals surface area contributed by atoms with Gasteiger partial charge in [0.1, 0.15) is 5.75 Å². The van der Waals surface area contributed by atoms with Crippen molar-refractivity contribution >= 4 is 22.5 Å². The standard InChI is InChI=1S/C24H20N4O2/c1-16(17-10-12-18(30-2)13-11-17)27-28-24(29)20-15-23(22-9-5-6-14-25-22)26-21-8-4-3-7-19(20)21/h3-15H,1-2H3,(H,28,29)/b27-16-.